The zero-order valence-corrected chi connectivity index (χ0v) is 15.9. The molecule has 6 nitrogen and oxygen atoms in total. The second-order valence-corrected chi connectivity index (χ2v) is 6.78. The Bertz CT molecular complexity index is 789. The van der Waals surface area contributed by atoms with Crippen molar-refractivity contribution >= 4 is 11.9 Å². The Morgan fingerprint density at radius 1 is 1.00 bits per heavy atom. The molecule has 1 atom stereocenters. The average molecular weight is 383 g/mol. The summed E-state index contributed by atoms with van der Waals surface area (Å²) < 4.78 is 16.4. The van der Waals surface area contributed by atoms with Gasteiger partial charge in [0.1, 0.15) is 30.3 Å². The maximum Gasteiger partial charge on any atom is 0.342 e. The molecule has 1 saturated carbocycles. The van der Waals surface area contributed by atoms with Crippen molar-refractivity contribution < 1.29 is 23.8 Å². The minimum atomic E-state index is -0.589. The van der Waals surface area contributed by atoms with Crippen molar-refractivity contribution in [2.45, 2.75) is 25.8 Å². The third-order valence-electron chi connectivity index (χ3n) is 4.51. The lowest BCUT2D eigenvalue weighted by atomic mass is 10.2. The number of esters is 1. The van der Waals surface area contributed by atoms with Crippen molar-refractivity contribution in [1.82, 2.24) is 5.32 Å². The quantitative estimate of drug-likeness (QED) is 0.504. The first kappa shape index (κ1) is 19.7. The summed E-state index contributed by atoms with van der Waals surface area (Å²) >= 11 is 0. The van der Waals surface area contributed by atoms with Crippen molar-refractivity contribution in [3.63, 3.8) is 0 Å². The largest absolute Gasteiger partial charge is 0.490 e. The molecule has 148 valence electrons. The number of carbonyl (C=O) groups excluding carboxylic acids is 2. The lowest BCUT2D eigenvalue weighted by molar-refractivity contribution is -0.125. The van der Waals surface area contributed by atoms with Gasteiger partial charge in [-0.2, -0.15) is 0 Å². The molecule has 1 aliphatic carbocycles. The number of benzene rings is 2. The molecule has 0 aromatic heterocycles. The van der Waals surface area contributed by atoms with E-state index in [0.29, 0.717) is 18.3 Å². The van der Waals surface area contributed by atoms with Gasteiger partial charge in [-0.1, -0.05) is 30.3 Å². The van der Waals surface area contributed by atoms with Gasteiger partial charge in [0.15, 0.2) is 6.61 Å². The molecule has 1 amide bonds. The fraction of sp³-hybridized carbons (Fsp3) is 0.364. The summed E-state index contributed by atoms with van der Waals surface area (Å²) in [4.78, 5) is 24.3. The van der Waals surface area contributed by atoms with Gasteiger partial charge in [0, 0.05) is 6.04 Å². The zero-order chi connectivity index (χ0) is 19.8. The van der Waals surface area contributed by atoms with Crippen LogP contribution in [0.1, 0.15) is 30.1 Å². The standard InChI is InChI=1S/C22H25NO5/c1-16(17-11-12-17)23-21(24)15-28-22(25)19-9-5-6-10-20(19)27-14-13-26-18-7-3-2-4-8-18/h2-10,16-17H,11-15H2,1H3,(H,23,24)/t16-/m1/s1. The first-order valence-electron chi connectivity index (χ1n) is 9.49. The van der Waals surface area contributed by atoms with Gasteiger partial charge in [0.25, 0.3) is 5.91 Å². The summed E-state index contributed by atoms with van der Waals surface area (Å²) in [6.45, 7) is 2.28. The van der Waals surface area contributed by atoms with Gasteiger partial charge >= 0.3 is 5.97 Å². The van der Waals surface area contributed by atoms with Gasteiger partial charge in [-0.05, 0) is 49.9 Å². The molecule has 0 spiro atoms. The normalized spacial score (nSPS) is 14.0. The molecule has 1 fully saturated rings. The molecule has 0 radical (unpaired) electrons. The van der Waals surface area contributed by atoms with Crippen molar-refractivity contribution in [2.24, 2.45) is 5.92 Å². The first-order valence-corrected chi connectivity index (χ1v) is 9.49. The smallest absolute Gasteiger partial charge is 0.342 e. The van der Waals surface area contributed by atoms with Gasteiger partial charge in [-0.15, -0.1) is 0 Å². The highest BCUT2D eigenvalue weighted by Gasteiger charge is 2.29. The van der Waals surface area contributed by atoms with E-state index in [2.05, 4.69) is 5.32 Å². The number of hydrogen-bond donors (Lipinski definition) is 1. The Labute approximate surface area is 164 Å². The highest BCUT2D eigenvalue weighted by molar-refractivity contribution is 5.94. The van der Waals surface area contributed by atoms with E-state index >= 15 is 0 Å². The molecule has 1 N–H and O–H groups in total. The topological polar surface area (TPSA) is 73.9 Å². The van der Waals surface area contributed by atoms with Crippen LogP contribution >= 0.6 is 0 Å². The van der Waals surface area contributed by atoms with Gasteiger partial charge in [-0.25, -0.2) is 4.79 Å². The summed E-state index contributed by atoms with van der Waals surface area (Å²) in [6.07, 6.45) is 2.28. The third-order valence-corrected chi connectivity index (χ3v) is 4.51. The lowest BCUT2D eigenvalue weighted by Crippen LogP contribution is -2.37. The van der Waals surface area contributed by atoms with Crippen LogP contribution < -0.4 is 14.8 Å². The fourth-order valence-corrected chi connectivity index (χ4v) is 2.81. The number of ether oxygens (including phenoxy) is 3. The molecular formula is C22H25NO5. The third kappa shape index (κ3) is 6.01. The first-order chi connectivity index (χ1) is 13.6. The van der Waals surface area contributed by atoms with E-state index in [0.717, 1.165) is 18.6 Å². The Balaban J connectivity index is 1.45. The summed E-state index contributed by atoms with van der Waals surface area (Å²) in [6, 6.07) is 16.3. The van der Waals surface area contributed by atoms with Crippen LogP contribution in [0, 0.1) is 5.92 Å². The number of carbonyl (C=O) groups is 2. The molecule has 1 aliphatic rings. The molecule has 2 aromatic rings. The minimum absolute atomic E-state index is 0.117. The molecule has 3 rings (SSSR count). The predicted octanol–water partition coefficient (Wildman–Crippen LogP) is 3.22. The second kappa shape index (κ2) is 9.78. The van der Waals surface area contributed by atoms with Crippen LogP contribution in [-0.2, 0) is 9.53 Å². The van der Waals surface area contributed by atoms with E-state index in [4.69, 9.17) is 14.2 Å². The predicted molar refractivity (Wildman–Crippen MR) is 104 cm³/mol. The molecule has 6 heteroatoms. The van der Waals surface area contributed by atoms with Gasteiger partial charge < -0.3 is 19.5 Å². The van der Waals surface area contributed by atoms with Crippen molar-refractivity contribution in [3.05, 3.63) is 60.2 Å². The van der Waals surface area contributed by atoms with Crippen LogP contribution in [0.2, 0.25) is 0 Å². The summed E-state index contributed by atoms with van der Waals surface area (Å²) in [5.41, 5.74) is 0.283. The Hall–Kier alpha value is -3.02. The van der Waals surface area contributed by atoms with Gasteiger partial charge in [-0.3, -0.25) is 4.79 Å². The molecule has 28 heavy (non-hydrogen) atoms. The van der Waals surface area contributed by atoms with Crippen molar-refractivity contribution in [2.75, 3.05) is 19.8 Å². The maximum absolute atomic E-state index is 12.3. The summed E-state index contributed by atoms with van der Waals surface area (Å²) in [7, 11) is 0. The second-order valence-electron chi connectivity index (χ2n) is 6.78. The van der Waals surface area contributed by atoms with Crippen LogP contribution in [0.15, 0.2) is 54.6 Å². The van der Waals surface area contributed by atoms with Crippen LogP contribution in [0.5, 0.6) is 11.5 Å². The van der Waals surface area contributed by atoms with Gasteiger partial charge in [0.2, 0.25) is 0 Å². The van der Waals surface area contributed by atoms with E-state index in [1.807, 2.05) is 37.3 Å². The van der Waals surface area contributed by atoms with Crippen molar-refractivity contribution in [3.8, 4) is 11.5 Å². The highest BCUT2D eigenvalue weighted by Crippen LogP contribution is 2.32. The van der Waals surface area contributed by atoms with Crippen LogP contribution in [-0.4, -0.2) is 37.7 Å². The number of para-hydroxylation sites is 2. The molecule has 0 aliphatic heterocycles. The Morgan fingerprint density at radius 3 is 2.43 bits per heavy atom. The van der Waals surface area contributed by atoms with Crippen LogP contribution in [0.3, 0.4) is 0 Å². The lowest BCUT2D eigenvalue weighted by Gasteiger charge is -2.14. The highest BCUT2D eigenvalue weighted by atomic mass is 16.5. The fourth-order valence-electron chi connectivity index (χ4n) is 2.81. The molecule has 0 saturated heterocycles. The van der Waals surface area contributed by atoms with Crippen LogP contribution in [0.25, 0.3) is 0 Å². The average Bonchev–Trinajstić information content (AvgIpc) is 3.56. The number of amides is 1. The number of rotatable bonds is 10. The molecule has 0 heterocycles. The van der Waals surface area contributed by atoms with Crippen LogP contribution in [0.4, 0.5) is 0 Å². The monoisotopic (exact) mass is 383 g/mol. The Morgan fingerprint density at radius 2 is 1.68 bits per heavy atom. The zero-order valence-electron chi connectivity index (χ0n) is 15.9. The molecule has 0 unspecified atom stereocenters. The summed E-state index contributed by atoms with van der Waals surface area (Å²) in [5, 5.41) is 2.86. The van der Waals surface area contributed by atoms with E-state index < -0.39 is 5.97 Å². The Kier molecular flexibility index (Phi) is 6.89. The number of nitrogens with one attached hydrogen (secondary N) is 1. The molecule has 2 aromatic carbocycles. The van der Waals surface area contributed by atoms with E-state index in [1.54, 1.807) is 24.3 Å². The van der Waals surface area contributed by atoms with E-state index in [1.165, 1.54) is 0 Å². The minimum Gasteiger partial charge on any atom is -0.490 e. The van der Waals surface area contributed by atoms with E-state index in [-0.39, 0.29) is 30.7 Å². The molecule has 0 bridgehead atoms. The molecular weight excluding hydrogens is 358 g/mol. The van der Waals surface area contributed by atoms with E-state index in [9.17, 15) is 9.59 Å². The maximum atomic E-state index is 12.3. The summed E-state index contributed by atoms with van der Waals surface area (Å²) in [5.74, 6) is 0.823. The van der Waals surface area contributed by atoms with Crippen molar-refractivity contribution in [1.29, 1.82) is 0 Å². The SMILES string of the molecule is C[C@@H](NC(=O)COC(=O)c1ccccc1OCCOc1ccccc1)C1CC1. The number of hydrogen-bond acceptors (Lipinski definition) is 5. The van der Waals surface area contributed by atoms with Gasteiger partial charge in [0.05, 0.1) is 0 Å².